The molecule has 1 aromatic heterocycles. The van der Waals surface area contributed by atoms with Gasteiger partial charge in [-0.1, -0.05) is 30.3 Å². The third kappa shape index (κ3) is 4.74. The number of likely N-dealkylation sites (tertiary alicyclic amines) is 1. The number of carbonyl (C=O) groups excluding carboxylic acids is 2. The Kier molecular flexibility index (Phi) is 6.10. The highest BCUT2D eigenvalue weighted by atomic mass is 16.5. The molecule has 4 aliphatic heterocycles. The van der Waals surface area contributed by atoms with Gasteiger partial charge < -0.3 is 19.7 Å². The highest BCUT2D eigenvalue weighted by Crippen LogP contribution is 2.44. The predicted octanol–water partition coefficient (Wildman–Crippen LogP) is 2.63. The van der Waals surface area contributed by atoms with Crippen LogP contribution in [0.1, 0.15) is 54.4 Å². The summed E-state index contributed by atoms with van der Waals surface area (Å²) in [6.45, 7) is 3.44. The van der Waals surface area contributed by atoms with Gasteiger partial charge in [-0.05, 0) is 49.5 Å². The summed E-state index contributed by atoms with van der Waals surface area (Å²) in [5.41, 5.74) is 1.83. The third-order valence-electron chi connectivity index (χ3n) is 8.42. The van der Waals surface area contributed by atoms with Crippen LogP contribution in [0, 0.1) is 11.3 Å². The van der Waals surface area contributed by atoms with Crippen LogP contribution in [0.15, 0.2) is 42.7 Å². The second-order valence-corrected chi connectivity index (χ2v) is 10.8. The van der Waals surface area contributed by atoms with Crippen LogP contribution in [0.4, 0.5) is 0 Å². The van der Waals surface area contributed by atoms with Crippen LogP contribution in [0.2, 0.25) is 0 Å². The Hall–Kier alpha value is -2.71. The first-order chi connectivity index (χ1) is 17.1. The summed E-state index contributed by atoms with van der Waals surface area (Å²) in [5.74, 6) is 0.243. The lowest BCUT2D eigenvalue weighted by molar-refractivity contribution is -0.139. The van der Waals surface area contributed by atoms with E-state index in [0.29, 0.717) is 37.3 Å². The van der Waals surface area contributed by atoms with Crippen molar-refractivity contribution in [2.45, 2.75) is 63.4 Å². The molecule has 0 saturated carbocycles. The molecule has 2 bridgehead atoms. The summed E-state index contributed by atoms with van der Waals surface area (Å²) >= 11 is 0. The van der Waals surface area contributed by atoms with Gasteiger partial charge in [0, 0.05) is 25.8 Å². The van der Waals surface area contributed by atoms with Crippen molar-refractivity contribution in [1.29, 1.82) is 0 Å². The molecular weight excluding hydrogens is 444 g/mol. The van der Waals surface area contributed by atoms with E-state index in [2.05, 4.69) is 15.3 Å². The van der Waals surface area contributed by atoms with Crippen LogP contribution in [0.5, 0.6) is 0 Å². The molecular formula is C27H34N4O4. The van der Waals surface area contributed by atoms with Gasteiger partial charge in [0.2, 0.25) is 5.91 Å². The monoisotopic (exact) mass is 478 g/mol. The molecule has 4 aliphatic rings. The minimum absolute atomic E-state index is 0.0135. The number of nitrogens with one attached hydrogen (secondary N) is 1. The topological polar surface area (TPSA) is 85.7 Å². The largest absolute Gasteiger partial charge is 0.376 e. The maximum absolute atomic E-state index is 13.0. The Morgan fingerprint density at radius 1 is 1.14 bits per heavy atom. The molecule has 2 amide bonds. The van der Waals surface area contributed by atoms with Gasteiger partial charge in [-0.15, -0.1) is 0 Å². The number of benzene rings is 1. The number of nitrogens with zero attached hydrogens (tertiary/aromatic N) is 3. The lowest BCUT2D eigenvalue weighted by Gasteiger charge is -2.40. The number of amides is 2. The molecule has 8 heteroatoms. The van der Waals surface area contributed by atoms with E-state index >= 15 is 0 Å². The zero-order valence-electron chi connectivity index (χ0n) is 20.1. The van der Waals surface area contributed by atoms with Crippen LogP contribution < -0.4 is 5.32 Å². The van der Waals surface area contributed by atoms with E-state index in [1.165, 1.54) is 0 Å². The molecule has 1 N–H and O–H groups in total. The maximum Gasteiger partial charge on any atom is 0.254 e. The molecule has 4 saturated heterocycles. The molecule has 186 valence electrons. The van der Waals surface area contributed by atoms with E-state index < -0.39 is 0 Å². The summed E-state index contributed by atoms with van der Waals surface area (Å²) in [7, 11) is 0. The maximum atomic E-state index is 13.0. The molecule has 0 radical (unpaired) electrons. The molecule has 2 aromatic rings. The Bertz CT molecular complexity index is 1060. The molecule has 1 unspecified atom stereocenters. The second kappa shape index (κ2) is 9.39. The zero-order valence-corrected chi connectivity index (χ0v) is 20.1. The van der Waals surface area contributed by atoms with Crippen LogP contribution in [0.25, 0.3) is 0 Å². The molecule has 1 aromatic carbocycles. The van der Waals surface area contributed by atoms with E-state index in [-0.39, 0.29) is 29.4 Å². The van der Waals surface area contributed by atoms with Gasteiger partial charge >= 0.3 is 0 Å². The quantitative estimate of drug-likeness (QED) is 0.690. The fourth-order valence-electron chi connectivity index (χ4n) is 6.36. The molecule has 8 nitrogen and oxygen atoms in total. The second-order valence-electron chi connectivity index (χ2n) is 10.8. The molecule has 4 atom stereocenters. The van der Waals surface area contributed by atoms with Crippen molar-refractivity contribution in [3.8, 4) is 0 Å². The number of hydrogen-bond donors (Lipinski definition) is 1. The van der Waals surface area contributed by atoms with Gasteiger partial charge in [0.15, 0.2) is 0 Å². The third-order valence-corrected chi connectivity index (χ3v) is 8.42. The van der Waals surface area contributed by atoms with Gasteiger partial charge in [-0.3, -0.25) is 14.3 Å². The van der Waals surface area contributed by atoms with Crippen LogP contribution in [-0.2, 0) is 20.8 Å². The summed E-state index contributed by atoms with van der Waals surface area (Å²) in [6.07, 6.45) is 9.79. The Morgan fingerprint density at radius 2 is 1.97 bits per heavy atom. The SMILES string of the molecule is O=C(NC[C@@H]1CC2(CCN(C(=O)C3C[C@H]4CC[C@H]3O4)CC2)CO1)c1cnn(Cc2ccccc2)c1. The zero-order chi connectivity index (χ0) is 23.8. The van der Waals surface area contributed by atoms with Crippen molar-refractivity contribution < 1.29 is 19.1 Å². The number of ether oxygens (including phenoxy) is 2. The fraction of sp³-hybridized carbons (Fsp3) is 0.593. The number of piperidine rings is 1. The van der Waals surface area contributed by atoms with Crippen molar-refractivity contribution >= 4 is 11.8 Å². The lowest BCUT2D eigenvalue weighted by Crippen LogP contribution is -2.47. The first-order valence-corrected chi connectivity index (χ1v) is 13.0. The Balaban J connectivity index is 0.958. The van der Waals surface area contributed by atoms with Gasteiger partial charge in [0.1, 0.15) is 0 Å². The van der Waals surface area contributed by atoms with E-state index in [1.54, 1.807) is 17.1 Å². The summed E-state index contributed by atoms with van der Waals surface area (Å²) in [6, 6.07) is 10.1. The van der Waals surface area contributed by atoms with Crippen molar-refractivity contribution in [2.24, 2.45) is 11.3 Å². The Morgan fingerprint density at radius 3 is 2.71 bits per heavy atom. The van der Waals surface area contributed by atoms with Crippen molar-refractivity contribution in [2.75, 3.05) is 26.2 Å². The first-order valence-electron chi connectivity index (χ1n) is 13.0. The van der Waals surface area contributed by atoms with Gasteiger partial charge in [-0.2, -0.15) is 5.10 Å². The smallest absolute Gasteiger partial charge is 0.254 e. The fourth-order valence-corrected chi connectivity index (χ4v) is 6.36. The van der Waals surface area contributed by atoms with Crippen molar-refractivity contribution in [3.63, 3.8) is 0 Å². The molecule has 0 aliphatic carbocycles. The van der Waals surface area contributed by atoms with E-state index in [4.69, 9.17) is 9.47 Å². The number of fused-ring (bicyclic) bond motifs is 2. The van der Waals surface area contributed by atoms with Crippen LogP contribution >= 0.6 is 0 Å². The number of aromatic nitrogens is 2. The highest BCUT2D eigenvalue weighted by Gasteiger charge is 2.48. The summed E-state index contributed by atoms with van der Waals surface area (Å²) < 4.78 is 13.8. The highest BCUT2D eigenvalue weighted by molar-refractivity contribution is 5.93. The molecule has 1 spiro atoms. The first kappa shape index (κ1) is 22.7. The lowest BCUT2D eigenvalue weighted by atomic mass is 9.76. The van der Waals surface area contributed by atoms with E-state index in [0.717, 1.165) is 57.2 Å². The summed E-state index contributed by atoms with van der Waals surface area (Å²) in [5, 5.41) is 7.35. The van der Waals surface area contributed by atoms with E-state index in [9.17, 15) is 9.59 Å². The average molecular weight is 479 g/mol. The number of hydrogen-bond acceptors (Lipinski definition) is 5. The van der Waals surface area contributed by atoms with Gasteiger partial charge in [-0.25, -0.2) is 0 Å². The van der Waals surface area contributed by atoms with E-state index in [1.807, 2.05) is 30.3 Å². The molecule has 5 heterocycles. The van der Waals surface area contributed by atoms with Crippen molar-refractivity contribution in [1.82, 2.24) is 20.0 Å². The number of rotatable bonds is 6. The standard InChI is InChI=1S/C27H34N4O4/c32-25(20-14-29-31(17-20)16-19-4-2-1-3-5-19)28-15-22-13-27(18-34-22)8-10-30(11-9-27)26(33)23-12-21-6-7-24(23)35-21/h1-5,14,17,21-24H,6-13,15-16,18H2,(H,28,32)/t21-,22+,23?,24-/m1/s1. The normalized spacial score (nSPS) is 29.1. The molecule has 6 rings (SSSR count). The Labute approximate surface area is 206 Å². The van der Waals surface area contributed by atoms with Crippen LogP contribution in [0.3, 0.4) is 0 Å². The van der Waals surface area contributed by atoms with Crippen molar-refractivity contribution in [3.05, 3.63) is 53.9 Å². The minimum atomic E-state index is -0.123. The predicted molar refractivity (Wildman–Crippen MR) is 129 cm³/mol. The molecule has 35 heavy (non-hydrogen) atoms. The minimum Gasteiger partial charge on any atom is -0.376 e. The van der Waals surface area contributed by atoms with Crippen LogP contribution in [-0.4, -0.2) is 71.0 Å². The summed E-state index contributed by atoms with van der Waals surface area (Å²) in [4.78, 5) is 27.8. The molecule has 4 fully saturated rings. The van der Waals surface area contributed by atoms with Gasteiger partial charge in [0.05, 0.1) is 49.1 Å². The number of carbonyl (C=O) groups is 2. The van der Waals surface area contributed by atoms with Gasteiger partial charge in [0.25, 0.3) is 5.91 Å². The average Bonchev–Trinajstić information content (AvgIpc) is 3.69.